The lowest BCUT2D eigenvalue weighted by Crippen LogP contribution is -2.36. The summed E-state index contributed by atoms with van der Waals surface area (Å²) in [7, 11) is 1.92. The molecule has 0 spiro atoms. The Morgan fingerprint density at radius 2 is 1.82 bits per heavy atom. The molecule has 0 saturated carbocycles. The Bertz CT molecular complexity index is 688. The number of carbonyl (C=O) groups excluding carboxylic acids is 2. The Balaban J connectivity index is 1.60. The van der Waals surface area contributed by atoms with Gasteiger partial charge in [0.05, 0.1) is 16.8 Å². The number of rotatable bonds is 5. The molecule has 0 aliphatic carbocycles. The van der Waals surface area contributed by atoms with Gasteiger partial charge in [-0.25, -0.2) is 0 Å². The largest absolute Gasteiger partial charge is 0.361 e. The van der Waals surface area contributed by atoms with Gasteiger partial charge in [-0.1, -0.05) is 17.3 Å². The van der Waals surface area contributed by atoms with Gasteiger partial charge in [-0.2, -0.15) is 0 Å². The molecule has 0 saturated heterocycles. The average molecular weight is 299 g/mol. The fourth-order valence-corrected chi connectivity index (χ4v) is 2.56. The third-order valence-electron chi connectivity index (χ3n) is 3.69. The number of aromatic nitrogens is 1. The van der Waals surface area contributed by atoms with Crippen molar-refractivity contribution < 1.29 is 14.1 Å². The van der Waals surface area contributed by atoms with Crippen molar-refractivity contribution in [1.82, 2.24) is 15.0 Å². The highest BCUT2D eigenvalue weighted by atomic mass is 16.5. The molecule has 0 unspecified atom stereocenters. The van der Waals surface area contributed by atoms with Gasteiger partial charge in [-0.05, 0) is 26.1 Å². The Morgan fingerprint density at radius 3 is 2.36 bits per heavy atom. The minimum Gasteiger partial charge on any atom is -0.361 e. The first-order valence-corrected chi connectivity index (χ1v) is 7.12. The Morgan fingerprint density at radius 1 is 1.18 bits per heavy atom. The van der Waals surface area contributed by atoms with E-state index in [0.29, 0.717) is 30.8 Å². The molecule has 6 nitrogen and oxygen atoms in total. The molecule has 0 bridgehead atoms. The summed E-state index contributed by atoms with van der Waals surface area (Å²) in [4.78, 5) is 27.8. The van der Waals surface area contributed by atoms with Crippen LogP contribution in [0.2, 0.25) is 0 Å². The van der Waals surface area contributed by atoms with E-state index in [1.807, 2.05) is 24.9 Å². The molecule has 0 N–H and O–H groups in total. The minimum atomic E-state index is -0.216. The van der Waals surface area contributed by atoms with Gasteiger partial charge in [-0.15, -0.1) is 0 Å². The number of nitrogens with zero attached hydrogens (tertiary/aromatic N) is 3. The van der Waals surface area contributed by atoms with E-state index in [1.54, 1.807) is 24.3 Å². The molecule has 1 aliphatic rings. The first kappa shape index (κ1) is 14.5. The summed E-state index contributed by atoms with van der Waals surface area (Å²) in [5.41, 5.74) is 1.81. The highest BCUT2D eigenvalue weighted by Crippen LogP contribution is 2.22. The van der Waals surface area contributed by atoms with E-state index >= 15 is 0 Å². The van der Waals surface area contributed by atoms with E-state index < -0.39 is 0 Å². The van der Waals surface area contributed by atoms with Gasteiger partial charge in [0.15, 0.2) is 0 Å². The van der Waals surface area contributed by atoms with Gasteiger partial charge < -0.3 is 4.52 Å². The van der Waals surface area contributed by atoms with Crippen LogP contribution in [-0.4, -0.2) is 46.9 Å². The Hall–Kier alpha value is -2.47. The number of fused-ring (bicyclic) bond motifs is 1. The van der Waals surface area contributed by atoms with Crippen LogP contribution in [0.15, 0.2) is 34.9 Å². The van der Waals surface area contributed by atoms with Crippen molar-refractivity contribution in [1.29, 1.82) is 0 Å². The van der Waals surface area contributed by atoms with Crippen LogP contribution in [0.25, 0.3) is 0 Å². The Labute approximate surface area is 128 Å². The predicted molar refractivity (Wildman–Crippen MR) is 79.4 cm³/mol. The lowest BCUT2D eigenvalue weighted by molar-refractivity contribution is 0.0640. The average Bonchev–Trinajstić information content (AvgIpc) is 3.01. The number of amides is 2. The van der Waals surface area contributed by atoms with Crippen LogP contribution in [0.1, 0.15) is 32.2 Å². The molecule has 2 aromatic rings. The maximum Gasteiger partial charge on any atom is 0.261 e. The fraction of sp³-hybridized carbons (Fsp3) is 0.312. The zero-order chi connectivity index (χ0) is 15.7. The molecule has 2 amide bonds. The number of hydrogen-bond acceptors (Lipinski definition) is 5. The third kappa shape index (κ3) is 2.65. The van der Waals surface area contributed by atoms with E-state index in [-0.39, 0.29) is 11.8 Å². The van der Waals surface area contributed by atoms with Crippen LogP contribution in [0.4, 0.5) is 0 Å². The number of imide groups is 1. The zero-order valence-electron chi connectivity index (χ0n) is 12.6. The number of hydrogen-bond donors (Lipinski definition) is 0. The van der Waals surface area contributed by atoms with Crippen LogP contribution in [0, 0.1) is 6.92 Å². The number of aryl methyl sites for hydroxylation is 1. The van der Waals surface area contributed by atoms with Crippen LogP contribution in [0.5, 0.6) is 0 Å². The maximum atomic E-state index is 12.2. The third-order valence-corrected chi connectivity index (χ3v) is 3.69. The molecule has 1 aromatic heterocycles. The van der Waals surface area contributed by atoms with Crippen molar-refractivity contribution in [2.24, 2.45) is 0 Å². The molecule has 22 heavy (non-hydrogen) atoms. The number of benzene rings is 1. The van der Waals surface area contributed by atoms with Crippen molar-refractivity contribution in [3.8, 4) is 0 Å². The van der Waals surface area contributed by atoms with Gasteiger partial charge in [0.2, 0.25) is 0 Å². The van der Waals surface area contributed by atoms with Crippen LogP contribution in [0.3, 0.4) is 0 Å². The second-order valence-electron chi connectivity index (χ2n) is 5.47. The topological polar surface area (TPSA) is 66.7 Å². The second kappa shape index (κ2) is 5.73. The molecule has 3 rings (SSSR count). The molecular formula is C16H17N3O3. The predicted octanol–water partition coefficient (Wildman–Crippen LogP) is 1.71. The summed E-state index contributed by atoms with van der Waals surface area (Å²) in [5, 5.41) is 3.93. The molecule has 1 aliphatic heterocycles. The lowest BCUT2D eigenvalue weighted by atomic mass is 10.1. The van der Waals surface area contributed by atoms with Crippen LogP contribution in [-0.2, 0) is 6.54 Å². The maximum absolute atomic E-state index is 12.2. The van der Waals surface area contributed by atoms with Crippen molar-refractivity contribution >= 4 is 11.8 Å². The lowest BCUT2D eigenvalue weighted by Gasteiger charge is -2.19. The van der Waals surface area contributed by atoms with E-state index in [4.69, 9.17) is 4.52 Å². The first-order chi connectivity index (χ1) is 10.6. The second-order valence-corrected chi connectivity index (χ2v) is 5.47. The van der Waals surface area contributed by atoms with Crippen LogP contribution < -0.4 is 0 Å². The molecule has 2 heterocycles. The molecular weight excluding hydrogens is 282 g/mol. The molecule has 0 atom stereocenters. The fourth-order valence-electron chi connectivity index (χ4n) is 2.56. The van der Waals surface area contributed by atoms with Crippen molar-refractivity contribution in [2.75, 3.05) is 20.1 Å². The van der Waals surface area contributed by atoms with E-state index in [2.05, 4.69) is 5.16 Å². The van der Waals surface area contributed by atoms with Gasteiger partial charge in [0.1, 0.15) is 5.76 Å². The quantitative estimate of drug-likeness (QED) is 0.786. The van der Waals surface area contributed by atoms with Gasteiger partial charge in [0.25, 0.3) is 11.8 Å². The monoisotopic (exact) mass is 299 g/mol. The van der Waals surface area contributed by atoms with E-state index in [9.17, 15) is 9.59 Å². The molecule has 114 valence electrons. The summed E-state index contributed by atoms with van der Waals surface area (Å²) in [6.45, 7) is 3.40. The first-order valence-electron chi connectivity index (χ1n) is 7.12. The standard InChI is InChI=1S/C16H17N3O3/c1-11-9-12(17-22-11)10-18(2)7-8-19-15(20)13-5-3-4-6-14(13)16(19)21/h3-6,9H,7-8,10H2,1-2H3. The summed E-state index contributed by atoms with van der Waals surface area (Å²) < 4.78 is 5.02. The van der Waals surface area contributed by atoms with Gasteiger partial charge in [0, 0.05) is 25.7 Å². The normalized spacial score (nSPS) is 14.0. The molecule has 0 radical (unpaired) electrons. The van der Waals surface area contributed by atoms with Crippen molar-refractivity contribution in [3.05, 3.63) is 52.9 Å². The Kier molecular flexibility index (Phi) is 3.77. The summed E-state index contributed by atoms with van der Waals surface area (Å²) in [6, 6.07) is 8.80. The zero-order valence-corrected chi connectivity index (χ0v) is 12.6. The summed E-state index contributed by atoms with van der Waals surface area (Å²) >= 11 is 0. The van der Waals surface area contributed by atoms with E-state index in [0.717, 1.165) is 11.5 Å². The minimum absolute atomic E-state index is 0.216. The SMILES string of the molecule is Cc1cc(CN(C)CCN2C(=O)c3ccccc3C2=O)no1. The van der Waals surface area contributed by atoms with E-state index in [1.165, 1.54) is 4.90 Å². The molecule has 0 fully saturated rings. The number of carbonyl (C=O) groups is 2. The van der Waals surface area contributed by atoms with Crippen LogP contribution >= 0.6 is 0 Å². The van der Waals surface area contributed by atoms with Crippen molar-refractivity contribution in [2.45, 2.75) is 13.5 Å². The summed E-state index contributed by atoms with van der Waals surface area (Å²) in [5.74, 6) is 0.335. The molecule has 6 heteroatoms. The van der Waals surface area contributed by atoms with Crippen molar-refractivity contribution in [3.63, 3.8) is 0 Å². The van der Waals surface area contributed by atoms with Gasteiger partial charge >= 0.3 is 0 Å². The highest BCUT2D eigenvalue weighted by Gasteiger charge is 2.34. The number of likely N-dealkylation sites (N-methyl/N-ethyl adjacent to an activating group) is 1. The smallest absolute Gasteiger partial charge is 0.261 e. The molecule has 1 aromatic carbocycles. The summed E-state index contributed by atoms with van der Waals surface area (Å²) in [6.07, 6.45) is 0. The van der Waals surface area contributed by atoms with Gasteiger partial charge in [-0.3, -0.25) is 19.4 Å². The highest BCUT2D eigenvalue weighted by molar-refractivity contribution is 6.21.